The summed E-state index contributed by atoms with van der Waals surface area (Å²) in [5.41, 5.74) is 1.24. The van der Waals surface area contributed by atoms with Gasteiger partial charge in [-0.1, -0.05) is 6.92 Å². The summed E-state index contributed by atoms with van der Waals surface area (Å²) in [6.07, 6.45) is 4.10. The lowest BCUT2D eigenvalue weighted by Gasteiger charge is -2.07. The summed E-state index contributed by atoms with van der Waals surface area (Å²) in [5.74, 6) is 0.562. The fraction of sp³-hybridized carbons (Fsp3) is 0.286. The van der Waals surface area contributed by atoms with Gasteiger partial charge in [0.1, 0.15) is 17.0 Å². The first-order chi connectivity index (χ1) is 10.7. The molecule has 1 amide bonds. The van der Waals surface area contributed by atoms with Crippen LogP contribution in [-0.4, -0.2) is 27.4 Å². The summed E-state index contributed by atoms with van der Waals surface area (Å²) in [6.45, 7) is 4.34. The topological polar surface area (TPSA) is 79.8 Å². The van der Waals surface area contributed by atoms with Crippen LogP contribution in [0, 0.1) is 6.92 Å². The molecule has 0 fully saturated rings. The number of carbonyl (C=O) groups excluding carboxylic acids is 1. The lowest BCUT2D eigenvalue weighted by molar-refractivity contribution is -0.114. The second-order valence-electron chi connectivity index (χ2n) is 4.63. The minimum atomic E-state index is -0.147. The standard InChI is InChI=1S/C14H15N5OS2/c1-3-9-8(2)22-13-11(9)12(17-7-18-13)16-6-10(20)19-14-15-4-5-21-14/h4-5,7H,3,6H2,1-2H3,(H,15,19,20)(H,16,17,18). The molecule has 0 aliphatic rings. The fourth-order valence-corrected chi connectivity index (χ4v) is 3.90. The van der Waals surface area contributed by atoms with Gasteiger partial charge in [-0.3, -0.25) is 4.79 Å². The molecule has 0 saturated heterocycles. The Hall–Kier alpha value is -2.06. The van der Waals surface area contributed by atoms with Crippen LogP contribution in [0.1, 0.15) is 17.4 Å². The highest BCUT2D eigenvalue weighted by molar-refractivity contribution is 7.18. The van der Waals surface area contributed by atoms with Gasteiger partial charge in [-0.15, -0.1) is 22.7 Å². The third kappa shape index (κ3) is 2.93. The molecule has 0 aliphatic heterocycles. The zero-order chi connectivity index (χ0) is 15.5. The molecular formula is C14H15N5OS2. The van der Waals surface area contributed by atoms with Crippen LogP contribution in [0.15, 0.2) is 17.9 Å². The number of aryl methyl sites for hydroxylation is 2. The van der Waals surface area contributed by atoms with E-state index in [1.165, 1.54) is 28.1 Å². The Kier molecular flexibility index (Phi) is 4.30. The van der Waals surface area contributed by atoms with Crippen molar-refractivity contribution in [2.75, 3.05) is 17.2 Å². The Bertz CT molecular complexity index is 797. The molecule has 0 saturated carbocycles. The van der Waals surface area contributed by atoms with Gasteiger partial charge in [0.25, 0.3) is 0 Å². The van der Waals surface area contributed by atoms with Gasteiger partial charge in [-0.2, -0.15) is 0 Å². The quantitative estimate of drug-likeness (QED) is 0.750. The summed E-state index contributed by atoms with van der Waals surface area (Å²) in [6, 6.07) is 0. The average molecular weight is 333 g/mol. The van der Waals surface area contributed by atoms with Crippen molar-refractivity contribution < 1.29 is 4.79 Å². The fourth-order valence-electron chi connectivity index (χ4n) is 2.27. The van der Waals surface area contributed by atoms with E-state index in [1.54, 1.807) is 17.5 Å². The molecular weight excluding hydrogens is 318 g/mol. The highest BCUT2D eigenvalue weighted by Crippen LogP contribution is 2.33. The van der Waals surface area contributed by atoms with Crippen LogP contribution in [-0.2, 0) is 11.2 Å². The minimum Gasteiger partial charge on any atom is -0.360 e. The van der Waals surface area contributed by atoms with Crippen molar-refractivity contribution in [2.45, 2.75) is 20.3 Å². The van der Waals surface area contributed by atoms with Crippen LogP contribution in [0.5, 0.6) is 0 Å². The van der Waals surface area contributed by atoms with Crippen LogP contribution in [0.2, 0.25) is 0 Å². The smallest absolute Gasteiger partial charge is 0.245 e. The number of amides is 1. The van der Waals surface area contributed by atoms with Crippen molar-refractivity contribution in [3.8, 4) is 0 Å². The molecule has 0 aromatic carbocycles. The van der Waals surface area contributed by atoms with E-state index in [0.29, 0.717) is 10.9 Å². The number of thiophene rings is 1. The summed E-state index contributed by atoms with van der Waals surface area (Å²) in [5, 5.41) is 9.29. The molecule has 0 atom stereocenters. The van der Waals surface area contributed by atoms with Gasteiger partial charge in [-0.05, 0) is 18.9 Å². The highest BCUT2D eigenvalue weighted by Gasteiger charge is 2.14. The molecule has 0 bridgehead atoms. The monoisotopic (exact) mass is 333 g/mol. The molecule has 6 nitrogen and oxygen atoms in total. The molecule has 2 N–H and O–H groups in total. The molecule has 0 spiro atoms. The second-order valence-corrected chi connectivity index (χ2v) is 6.73. The minimum absolute atomic E-state index is 0.143. The van der Waals surface area contributed by atoms with Gasteiger partial charge >= 0.3 is 0 Å². The molecule has 3 rings (SSSR count). The van der Waals surface area contributed by atoms with Crippen LogP contribution in [0.25, 0.3) is 10.2 Å². The van der Waals surface area contributed by atoms with Crippen molar-refractivity contribution in [1.82, 2.24) is 15.0 Å². The highest BCUT2D eigenvalue weighted by atomic mass is 32.1. The Balaban J connectivity index is 1.77. The van der Waals surface area contributed by atoms with Gasteiger partial charge in [0.05, 0.1) is 11.9 Å². The Labute approximate surface area is 135 Å². The average Bonchev–Trinajstić information content (AvgIpc) is 3.11. The van der Waals surface area contributed by atoms with E-state index in [-0.39, 0.29) is 12.5 Å². The van der Waals surface area contributed by atoms with Crippen molar-refractivity contribution in [3.05, 3.63) is 28.3 Å². The van der Waals surface area contributed by atoms with E-state index >= 15 is 0 Å². The predicted octanol–water partition coefficient (Wildman–Crippen LogP) is 3.07. The van der Waals surface area contributed by atoms with Crippen molar-refractivity contribution in [2.24, 2.45) is 0 Å². The van der Waals surface area contributed by atoms with Gasteiger partial charge in [0, 0.05) is 16.5 Å². The van der Waals surface area contributed by atoms with Gasteiger partial charge in [0.2, 0.25) is 5.91 Å². The third-order valence-electron chi connectivity index (χ3n) is 3.24. The number of nitrogens with one attached hydrogen (secondary N) is 2. The number of nitrogens with zero attached hydrogens (tertiary/aromatic N) is 3. The number of anilines is 2. The lowest BCUT2D eigenvalue weighted by atomic mass is 10.1. The summed E-state index contributed by atoms with van der Waals surface area (Å²) in [7, 11) is 0. The van der Waals surface area contributed by atoms with Gasteiger partial charge < -0.3 is 10.6 Å². The van der Waals surface area contributed by atoms with Crippen molar-refractivity contribution >= 4 is 49.7 Å². The van der Waals surface area contributed by atoms with E-state index in [1.807, 2.05) is 5.38 Å². The van der Waals surface area contributed by atoms with E-state index in [4.69, 9.17) is 0 Å². The molecule has 3 heterocycles. The molecule has 0 unspecified atom stereocenters. The zero-order valence-electron chi connectivity index (χ0n) is 12.2. The first-order valence-electron chi connectivity index (χ1n) is 6.85. The maximum atomic E-state index is 11.9. The van der Waals surface area contributed by atoms with E-state index in [9.17, 15) is 4.79 Å². The Morgan fingerprint density at radius 2 is 2.18 bits per heavy atom. The predicted molar refractivity (Wildman–Crippen MR) is 90.8 cm³/mol. The Morgan fingerprint density at radius 3 is 2.91 bits per heavy atom. The molecule has 114 valence electrons. The number of aromatic nitrogens is 3. The number of carbonyl (C=O) groups is 1. The van der Waals surface area contributed by atoms with Crippen LogP contribution < -0.4 is 10.6 Å². The summed E-state index contributed by atoms with van der Waals surface area (Å²) < 4.78 is 0. The number of hydrogen-bond donors (Lipinski definition) is 2. The van der Waals surface area contributed by atoms with E-state index in [0.717, 1.165) is 16.6 Å². The third-order valence-corrected chi connectivity index (χ3v) is 4.98. The number of hydrogen-bond acceptors (Lipinski definition) is 7. The van der Waals surface area contributed by atoms with Gasteiger partial charge in [0.15, 0.2) is 5.13 Å². The first kappa shape index (κ1) is 14.9. The summed E-state index contributed by atoms with van der Waals surface area (Å²) in [4.78, 5) is 26.8. The van der Waals surface area contributed by atoms with Gasteiger partial charge in [-0.25, -0.2) is 15.0 Å². The maximum absolute atomic E-state index is 11.9. The Morgan fingerprint density at radius 1 is 1.32 bits per heavy atom. The first-order valence-corrected chi connectivity index (χ1v) is 8.54. The number of rotatable bonds is 5. The molecule has 0 radical (unpaired) electrons. The number of fused-ring (bicyclic) bond motifs is 1. The zero-order valence-corrected chi connectivity index (χ0v) is 13.8. The molecule has 22 heavy (non-hydrogen) atoms. The van der Waals surface area contributed by atoms with Crippen LogP contribution >= 0.6 is 22.7 Å². The van der Waals surface area contributed by atoms with E-state index in [2.05, 4.69) is 39.4 Å². The maximum Gasteiger partial charge on any atom is 0.245 e. The SMILES string of the molecule is CCc1c(C)sc2ncnc(NCC(=O)Nc3nccs3)c12. The second kappa shape index (κ2) is 6.37. The number of thiazole rings is 1. The van der Waals surface area contributed by atoms with Crippen LogP contribution in [0.3, 0.4) is 0 Å². The molecule has 3 aromatic rings. The van der Waals surface area contributed by atoms with Crippen molar-refractivity contribution in [1.29, 1.82) is 0 Å². The molecule has 3 aromatic heterocycles. The van der Waals surface area contributed by atoms with E-state index < -0.39 is 0 Å². The lowest BCUT2D eigenvalue weighted by Crippen LogP contribution is -2.22. The summed E-state index contributed by atoms with van der Waals surface area (Å²) >= 11 is 3.05. The normalized spacial score (nSPS) is 10.8. The molecule has 8 heteroatoms. The molecule has 0 aliphatic carbocycles. The van der Waals surface area contributed by atoms with Crippen molar-refractivity contribution in [3.63, 3.8) is 0 Å². The largest absolute Gasteiger partial charge is 0.360 e. The van der Waals surface area contributed by atoms with Crippen LogP contribution in [0.4, 0.5) is 10.9 Å².